The zero-order chi connectivity index (χ0) is 26.8. The van der Waals surface area contributed by atoms with Gasteiger partial charge in [0.2, 0.25) is 11.8 Å². The zero-order valence-corrected chi connectivity index (χ0v) is 24.8. The van der Waals surface area contributed by atoms with E-state index in [1.807, 2.05) is 68.4 Å². The number of amides is 2. The van der Waals surface area contributed by atoms with Crippen LogP contribution in [0, 0.1) is 0 Å². The highest BCUT2D eigenvalue weighted by atomic mass is 79.9. The summed E-state index contributed by atoms with van der Waals surface area (Å²) in [5, 5.41) is 4.25. The van der Waals surface area contributed by atoms with Crippen LogP contribution >= 0.6 is 50.9 Å². The van der Waals surface area contributed by atoms with Gasteiger partial charge in [-0.1, -0.05) is 94.6 Å². The van der Waals surface area contributed by atoms with Crippen molar-refractivity contribution in [3.05, 3.63) is 104 Å². The molecule has 0 bridgehead atoms. The van der Waals surface area contributed by atoms with E-state index in [1.54, 1.807) is 23.1 Å². The van der Waals surface area contributed by atoms with Gasteiger partial charge < -0.3 is 10.2 Å². The number of nitrogens with zero attached hydrogens (tertiary/aromatic N) is 1. The lowest BCUT2D eigenvalue weighted by Crippen LogP contribution is -2.52. The van der Waals surface area contributed by atoms with Crippen molar-refractivity contribution in [2.75, 3.05) is 5.75 Å². The molecular weight excluding hydrogens is 591 g/mol. The van der Waals surface area contributed by atoms with Crippen LogP contribution in [0.3, 0.4) is 0 Å². The van der Waals surface area contributed by atoms with E-state index >= 15 is 0 Å². The predicted octanol–water partition coefficient (Wildman–Crippen LogP) is 7.54. The second-order valence-electron chi connectivity index (χ2n) is 8.87. The third-order valence-corrected chi connectivity index (χ3v) is 8.19. The lowest BCUT2D eigenvalue weighted by molar-refractivity contribution is -0.139. The molecule has 0 radical (unpaired) electrons. The Bertz CT molecular complexity index is 1180. The summed E-state index contributed by atoms with van der Waals surface area (Å²) in [5.74, 6) is 0.420. The number of carbonyl (C=O) groups is 2. The van der Waals surface area contributed by atoms with Crippen LogP contribution in [-0.2, 0) is 28.3 Å². The molecule has 2 atom stereocenters. The third-order valence-electron chi connectivity index (χ3n) is 6.05. The summed E-state index contributed by atoms with van der Waals surface area (Å²) in [4.78, 5) is 29.0. The monoisotopic (exact) mass is 620 g/mol. The van der Waals surface area contributed by atoms with Gasteiger partial charge in [0, 0.05) is 39.3 Å². The van der Waals surface area contributed by atoms with Gasteiger partial charge in [-0.2, -0.15) is 0 Å². The van der Waals surface area contributed by atoms with Crippen LogP contribution < -0.4 is 5.32 Å². The molecule has 0 heterocycles. The number of hydrogen-bond acceptors (Lipinski definition) is 3. The van der Waals surface area contributed by atoms with Crippen molar-refractivity contribution in [3.8, 4) is 0 Å². The maximum absolute atomic E-state index is 13.7. The smallest absolute Gasteiger partial charge is 0.243 e. The lowest BCUT2D eigenvalue weighted by Gasteiger charge is -2.32. The largest absolute Gasteiger partial charge is 0.352 e. The van der Waals surface area contributed by atoms with Crippen LogP contribution in [0.1, 0.15) is 37.0 Å². The van der Waals surface area contributed by atoms with E-state index in [2.05, 4.69) is 21.2 Å². The van der Waals surface area contributed by atoms with Gasteiger partial charge in [0.1, 0.15) is 6.04 Å². The predicted molar refractivity (Wildman–Crippen MR) is 159 cm³/mol. The quantitative estimate of drug-likeness (QED) is 0.227. The van der Waals surface area contributed by atoms with Gasteiger partial charge >= 0.3 is 0 Å². The van der Waals surface area contributed by atoms with Crippen LogP contribution in [-0.4, -0.2) is 34.6 Å². The number of thioether (sulfide) groups is 1. The van der Waals surface area contributed by atoms with E-state index in [4.69, 9.17) is 23.2 Å². The molecule has 1 N–H and O–H groups in total. The van der Waals surface area contributed by atoms with Crippen molar-refractivity contribution in [3.63, 3.8) is 0 Å². The SMILES string of the molecule is CC[C@@H](C)NC(=O)[C@H](Cc1ccccc1)N(Cc1cccc(Br)c1)C(=O)CSCc1c(Cl)cccc1Cl. The Balaban J connectivity index is 1.88. The van der Waals surface area contributed by atoms with Crippen LogP contribution in [0.2, 0.25) is 10.0 Å². The highest BCUT2D eigenvalue weighted by Gasteiger charge is 2.31. The van der Waals surface area contributed by atoms with Gasteiger partial charge in [0.25, 0.3) is 0 Å². The Morgan fingerprint density at radius 3 is 2.27 bits per heavy atom. The first-order chi connectivity index (χ1) is 17.8. The first-order valence-corrected chi connectivity index (χ1v) is 14.9. The maximum atomic E-state index is 13.7. The van der Waals surface area contributed by atoms with Crippen molar-refractivity contribution in [1.82, 2.24) is 10.2 Å². The normalized spacial score (nSPS) is 12.6. The summed E-state index contributed by atoms with van der Waals surface area (Å²) in [7, 11) is 0. The zero-order valence-electron chi connectivity index (χ0n) is 20.9. The van der Waals surface area contributed by atoms with Crippen molar-refractivity contribution in [1.29, 1.82) is 0 Å². The Kier molecular flexibility index (Phi) is 11.8. The Morgan fingerprint density at radius 1 is 0.973 bits per heavy atom. The van der Waals surface area contributed by atoms with E-state index in [9.17, 15) is 9.59 Å². The van der Waals surface area contributed by atoms with Gasteiger partial charge in [-0.15, -0.1) is 11.8 Å². The molecule has 0 unspecified atom stereocenters. The molecule has 8 heteroatoms. The fourth-order valence-electron chi connectivity index (χ4n) is 3.82. The Labute approximate surface area is 242 Å². The molecule has 2 amide bonds. The minimum Gasteiger partial charge on any atom is -0.352 e. The molecule has 0 spiro atoms. The second-order valence-corrected chi connectivity index (χ2v) is 11.6. The van der Waals surface area contributed by atoms with Crippen LogP contribution in [0.25, 0.3) is 0 Å². The summed E-state index contributed by atoms with van der Waals surface area (Å²) < 4.78 is 0.920. The lowest BCUT2D eigenvalue weighted by atomic mass is 10.0. The summed E-state index contributed by atoms with van der Waals surface area (Å²) in [6.07, 6.45) is 1.22. The molecule has 0 aliphatic rings. The standard InChI is InChI=1S/C29H31BrCl2N2O2S/c1-3-20(2)33-29(36)27(16-21-9-5-4-6-10-21)34(17-22-11-7-12-23(30)15-22)28(35)19-37-18-24-25(31)13-8-14-26(24)32/h4-15,20,27H,3,16-19H2,1-2H3,(H,33,36)/t20-,27+/m1/s1. The van der Waals surface area contributed by atoms with Crippen LogP contribution in [0.5, 0.6) is 0 Å². The molecule has 0 aliphatic heterocycles. The minimum atomic E-state index is -0.660. The van der Waals surface area contributed by atoms with Gasteiger partial charge in [-0.05, 0) is 54.3 Å². The van der Waals surface area contributed by atoms with Crippen molar-refractivity contribution in [2.24, 2.45) is 0 Å². The van der Waals surface area contributed by atoms with Crippen molar-refractivity contribution >= 4 is 62.7 Å². The maximum Gasteiger partial charge on any atom is 0.243 e. The average molecular weight is 622 g/mol. The van der Waals surface area contributed by atoms with E-state index in [0.29, 0.717) is 28.8 Å². The van der Waals surface area contributed by atoms with Crippen LogP contribution in [0.4, 0.5) is 0 Å². The van der Waals surface area contributed by atoms with Gasteiger partial charge in [0.05, 0.1) is 5.75 Å². The van der Waals surface area contributed by atoms with E-state index in [0.717, 1.165) is 27.6 Å². The third kappa shape index (κ3) is 9.06. The minimum absolute atomic E-state index is 0.00494. The van der Waals surface area contributed by atoms with E-state index < -0.39 is 6.04 Å². The summed E-state index contributed by atoms with van der Waals surface area (Å²) in [5.41, 5.74) is 2.74. The average Bonchev–Trinajstić information content (AvgIpc) is 2.88. The number of benzene rings is 3. The Hall–Kier alpha value is -1.99. The molecule has 0 aliphatic carbocycles. The van der Waals surface area contributed by atoms with Gasteiger partial charge in [0.15, 0.2) is 0 Å². The highest BCUT2D eigenvalue weighted by Crippen LogP contribution is 2.28. The molecule has 3 rings (SSSR count). The molecule has 0 fully saturated rings. The summed E-state index contributed by atoms with van der Waals surface area (Å²) in [6, 6.07) is 22.3. The van der Waals surface area contributed by atoms with Gasteiger partial charge in [-0.25, -0.2) is 0 Å². The van der Waals surface area contributed by atoms with E-state index in [-0.39, 0.29) is 23.6 Å². The molecule has 3 aromatic rings. The first kappa shape index (κ1) is 29.6. The molecular formula is C29H31BrCl2N2O2S. The number of rotatable bonds is 12. The summed E-state index contributed by atoms with van der Waals surface area (Å²) >= 11 is 17.6. The molecule has 37 heavy (non-hydrogen) atoms. The number of halogens is 3. The first-order valence-electron chi connectivity index (χ1n) is 12.2. The van der Waals surface area contributed by atoms with Crippen molar-refractivity contribution < 1.29 is 9.59 Å². The molecule has 3 aromatic carbocycles. The molecule has 0 aromatic heterocycles. The molecule has 4 nitrogen and oxygen atoms in total. The number of hydrogen-bond donors (Lipinski definition) is 1. The second kappa shape index (κ2) is 14.8. The molecule has 0 saturated carbocycles. The molecule has 196 valence electrons. The fraction of sp³-hybridized carbons (Fsp3) is 0.310. The topological polar surface area (TPSA) is 49.4 Å². The summed E-state index contributed by atoms with van der Waals surface area (Å²) in [6.45, 7) is 4.32. The fourth-order valence-corrected chi connectivity index (χ4v) is 5.91. The van der Waals surface area contributed by atoms with Gasteiger partial charge in [-0.3, -0.25) is 9.59 Å². The number of nitrogens with one attached hydrogen (secondary N) is 1. The Morgan fingerprint density at radius 2 is 1.62 bits per heavy atom. The number of carbonyl (C=O) groups excluding carboxylic acids is 2. The molecule has 0 saturated heterocycles. The van der Waals surface area contributed by atoms with E-state index in [1.165, 1.54) is 11.8 Å². The van der Waals surface area contributed by atoms with Crippen LogP contribution in [0.15, 0.2) is 77.3 Å². The highest BCUT2D eigenvalue weighted by molar-refractivity contribution is 9.10. The van der Waals surface area contributed by atoms with Crippen molar-refractivity contribution in [2.45, 2.75) is 51.1 Å².